The van der Waals surface area contributed by atoms with Gasteiger partial charge in [-0.25, -0.2) is 0 Å². The number of rotatable bonds is 8. The minimum absolute atomic E-state index is 0.135. The smallest absolute Gasteiger partial charge is 0.324 e. The summed E-state index contributed by atoms with van der Waals surface area (Å²) in [6.45, 7) is 2.60. The number of halogens is 4. The molecule has 0 saturated heterocycles. The number of ether oxygens (including phenoxy) is 2. The van der Waals surface area contributed by atoms with Crippen LogP contribution in [-0.4, -0.2) is 25.2 Å². The van der Waals surface area contributed by atoms with E-state index in [9.17, 15) is 27.2 Å². The van der Waals surface area contributed by atoms with E-state index in [1.54, 1.807) is 0 Å². The minimum atomic E-state index is -2.25. The molecule has 0 heterocycles. The maximum absolute atomic E-state index is 12.3. The summed E-state index contributed by atoms with van der Waals surface area (Å²) in [7, 11) is 0. The summed E-state index contributed by atoms with van der Waals surface area (Å²) >= 11 is 0. The largest absolute Gasteiger partial charge is 0.465 e. The Hall–Kier alpha value is -1.86. The van der Waals surface area contributed by atoms with E-state index in [1.165, 1.54) is 13.8 Å². The highest BCUT2D eigenvalue weighted by atomic mass is 19.3. The maximum atomic E-state index is 12.3. The van der Waals surface area contributed by atoms with Gasteiger partial charge in [-0.15, -0.1) is 0 Å². The highest BCUT2D eigenvalue weighted by Crippen LogP contribution is 2.33. The Morgan fingerprint density at radius 3 is 1.43 bits per heavy atom. The topological polar surface area (TPSA) is 52.6 Å². The van der Waals surface area contributed by atoms with Crippen molar-refractivity contribution in [2.75, 3.05) is 13.2 Å². The molecule has 0 aromatic rings. The number of carbonyl (C=O) groups is 2. The predicted octanol–water partition coefficient (Wildman–Crippen LogP) is 3.44. The summed E-state index contributed by atoms with van der Waals surface area (Å²) in [6, 6.07) is 0. The Morgan fingerprint density at radius 2 is 1.19 bits per heavy atom. The molecule has 0 unspecified atom stereocenters. The van der Waals surface area contributed by atoms with Gasteiger partial charge in [-0.2, -0.15) is 17.6 Å². The van der Waals surface area contributed by atoms with E-state index in [2.05, 4.69) is 9.47 Å². The molecule has 0 aliphatic rings. The molecule has 0 saturated carbocycles. The molecule has 0 N–H and O–H groups in total. The maximum Gasteiger partial charge on any atom is 0.324 e. The normalized spacial score (nSPS) is 10.6. The molecule has 0 radical (unpaired) electrons. The SMILES string of the molecule is CCOC(=O)C(CC=C(F)F)(CC=C(F)F)C(=O)OCC. The zero-order valence-electron chi connectivity index (χ0n) is 11.6. The van der Waals surface area contributed by atoms with Crippen LogP contribution in [0, 0.1) is 5.41 Å². The second kappa shape index (κ2) is 9.15. The van der Waals surface area contributed by atoms with Crippen LogP contribution in [0.5, 0.6) is 0 Å². The van der Waals surface area contributed by atoms with Crippen molar-refractivity contribution in [2.45, 2.75) is 26.7 Å². The number of allylic oxidation sites excluding steroid dienone is 2. The van der Waals surface area contributed by atoms with Gasteiger partial charge in [0, 0.05) is 0 Å². The number of carbonyl (C=O) groups excluding carboxylic acids is 2. The quantitative estimate of drug-likeness (QED) is 0.391. The van der Waals surface area contributed by atoms with Gasteiger partial charge in [0.25, 0.3) is 12.2 Å². The van der Waals surface area contributed by atoms with E-state index in [0.29, 0.717) is 12.2 Å². The molecule has 120 valence electrons. The first kappa shape index (κ1) is 19.1. The Kier molecular flexibility index (Phi) is 8.34. The average molecular weight is 312 g/mol. The first-order valence-corrected chi connectivity index (χ1v) is 6.16. The molecule has 8 heteroatoms. The van der Waals surface area contributed by atoms with Gasteiger partial charge in [-0.3, -0.25) is 9.59 Å². The molecule has 0 fully saturated rings. The van der Waals surface area contributed by atoms with E-state index < -0.39 is 42.4 Å². The van der Waals surface area contributed by atoms with Crippen molar-refractivity contribution < 1.29 is 36.6 Å². The van der Waals surface area contributed by atoms with E-state index >= 15 is 0 Å². The van der Waals surface area contributed by atoms with E-state index in [1.807, 2.05) is 0 Å². The summed E-state index contributed by atoms with van der Waals surface area (Å²) in [5.41, 5.74) is -2.25. The third kappa shape index (κ3) is 5.97. The van der Waals surface area contributed by atoms with Crippen LogP contribution >= 0.6 is 0 Å². The molecule has 0 rings (SSSR count). The van der Waals surface area contributed by atoms with Crippen LogP contribution in [0.15, 0.2) is 24.3 Å². The lowest BCUT2D eigenvalue weighted by Crippen LogP contribution is -2.41. The molecule has 0 aromatic carbocycles. The van der Waals surface area contributed by atoms with Gasteiger partial charge in [0.2, 0.25) is 0 Å². The van der Waals surface area contributed by atoms with E-state index in [-0.39, 0.29) is 13.2 Å². The lowest BCUT2D eigenvalue weighted by Gasteiger charge is -2.26. The van der Waals surface area contributed by atoms with Gasteiger partial charge in [-0.05, 0) is 38.8 Å². The molecule has 0 amide bonds. The van der Waals surface area contributed by atoms with Crippen LogP contribution in [0.2, 0.25) is 0 Å². The Labute approximate surface area is 119 Å². The molecule has 0 bridgehead atoms. The fourth-order valence-electron chi connectivity index (χ4n) is 1.54. The summed E-state index contributed by atoms with van der Waals surface area (Å²) in [6.07, 6.45) is -5.27. The lowest BCUT2D eigenvalue weighted by molar-refractivity contribution is -0.171. The fourth-order valence-corrected chi connectivity index (χ4v) is 1.54. The third-order valence-electron chi connectivity index (χ3n) is 2.54. The van der Waals surface area contributed by atoms with Gasteiger partial charge >= 0.3 is 11.9 Å². The molecule has 4 nitrogen and oxygen atoms in total. The Bertz CT molecular complexity index is 384. The highest BCUT2D eigenvalue weighted by Gasteiger charge is 2.47. The summed E-state index contributed by atoms with van der Waals surface area (Å²) in [4.78, 5) is 23.9. The zero-order chi connectivity index (χ0) is 16.5. The van der Waals surface area contributed by atoms with Crippen molar-refractivity contribution >= 4 is 11.9 Å². The number of hydrogen-bond acceptors (Lipinski definition) is 4. The van der Waals surface area contributed by atoms with Crippen LogP contribution < -0.4 is 0 Å². The molecule has 0 aromatic heterocycles. The van der Waals surface area contributed by atoms with Crippen LogP contribution in [0.1, 0.15) is 26.7 Å². The van der Waals surface area contributed by atoms with Crippen molar-refractivity contribution in [3.05, 3.63) is 24.3 Å². The highest BCUT2D eigenvalue weighted by molar-refractivity contribution is 6.00. The van der Waals surface area contributed by atoms with Gasteiger partial charge in [-0.1, -0.05) is 0 Å². The molecule has 0 atom stereocenters. The van der Waals surface area contributed by atoms with Gasteiger partial charge < -0.3 is 9.47 Å². The zero-order valence-corrected chi connectivity index (χ0v) is 11.6. The van der Waals surface area contributed by atoms with Gasteiger partial charge in [0.15, 0.2) is 5.41 Å². The predicted molar refractivity (Wildman–Crippen MR) is 65.5 cm³/mol. The van der Waals surface area contributed by atoms with Crippen molar-refractivity contribution in [3.8, 4) is 0 Å². The van der Waals surface area contributed by atoms with Crippen LogP contribution in [0.25, 0.3) is 0 Å². The number of esters is 2. The van der Waals surface area contributed by atoms with Crippen LogP contribution in [0.3, 0.4) is 0 Å². The lowest BCUT2D eigenvalue weighted by atomic mass is 9.81. The van der Waals surface area contributed by atoms with Gasteiger partial charge in [0.05, 0.1) is 13.2 Å². The fraction of sp³-hybridized carbons (Fsp3) is 0.538. The summed E-state index contributed by atoms with van der Waals surface area (Å²) in [5, 5.41) is 0. The van der Waals surface area contributed by atoms with Crippen LogP contribution in [-0.2, 0) is 19.1 Å². The molecule has 0 spiro atoms. The van der Waals surface area contributed by atoms with Crippen molar-refractivity contribution in [1.82, 2.24) is 0 Å². The third-order valence-corrected chi connectivity index (χ3v) is 2.54. The average Bonchev–Trinajstić information content (AvgIpc) is 2.39. The van der Waals surface area contributed by atoms with E-state index in [0.717, 1.165) is 0 Å². The summed E-state index contributed by atoms with van der Waals surface area (Å²) < 4.78 is 58.3. The van der Waals surface area contributed by atoms with Crippen molar-refractivity contribution in [3.63, 3.8) is 0 Å². The first-order chi connectivity index (χ1) is 9.80. The molecule has 0 aliphatic heterocycles. The second-order valence-electron chi connectivity index (χ2n) is 3.92. The number of hydrogen-bond donors (Lipinski definition) is 0. The molecule has 21 heavy (non-hydrogen) atoms. The van der Waals surface area contributed by atoms with Gasteiger partial charge in [0.1, 0.15) is 0 Å². The molecular weight excluding hydrogens is 296 g/mol. The van der Waals surface area contributed by atoms with E-state index in [4.69, 9.17) is 0 Å². The second-order valence-corrected chi connectivity index (χ2v) is 3.92. The van der Waals surface area contributed by atoms with Crippen molar-refractivity contribution in [2.24, 2.45) is 5.41 Å². The Morgan fingerprint density at radius 1 is 0.857 bits per heavy atom. The Balaban J connectivity index is 5.67. The molecule has 0 aliphatic carbocycles. The first-order valence-electron chi connectivity index (χ1n) is 6.16. The summed E-state index contributed by atoms with van der Waals surface area (Å²) in [5.74, 6) is -2.36. The minimum Gasteiger partial charge on any atom is -0.465 e. The van der Waals surface area contributed by atoms with Crippen LogP contribution in [0.4, 0.5) is 17.6 Å². The monoisotopic (exact) mass is 312 g/mol. The van der Waals surface area contributed by atoms with Crippen molar-refractivity contribution in [1.29, 1.82) is 0 Å². The standard InChI is InChI=1S/C13H16F4O4/c1-3-20-11(18)13(7-5-9(14)15,8-6-10(16)17)12(19)21-4-2/h5-6H,3-4,7-8H2,1-2H3. The molecular formula is C13H16F4O4.